The Bertz CT molecular complexity index is 1010. The summed E-state index contributed by atoms with van der Waals surface area (Å²) in [5, 5.41) is 11.2. The van der Waals surface area contributed by atoms with Crippen LogP contribution in [0.3, 0.4) is 0 Å². The summed E-state index contributed by atoms with van der Waals surface area (Å²) in [5.74, 6) is -0.344. The molecule has 176 valence electrons. The molecule has 0 unspecified atom stereocenters. The van der Waals surface area contributed by atoms with Crippen LogP contribution in [0.5, 0.6) is 5.75 Å². The van der Waals surface area contributed by atoms with Crippen molar-refractivity contribution in [1.82, 2.24) is 9.80 Å². The smallest absolute Gasteiger partial charge is 0.295 e. The van der Waals surface area contributed by atoms with Crippen LogP contribution in [0.4, 0.5) is 0 Å². The number of Topliss-reactive ketones (excluding diaryl/α,β-unsaturated/α-hetero) is 1. The summed E-state index contributed by atoms with van der Waals surface area (Å²) in [7, 11) is 3.84. The minimum Gasteiger partial charge on any atom is -0.507 e. The van der Waals surface area contributed by atoms with E-state index in [4.69, 9.17) is 4.74 Å². The first kappa shape index (κ1) is 24.5. The van der Waals surface area contributed by atoms with Gasteiger partial charge in [0.25, 0.3) is 11.7 Å². The molecule has 2 aromatic rings. The Morgan fingerprint density at radius 3 is 2.24 bits per heavy atom. The van der Waals surface area contributed by atoms with Gasteiger partial charge in [-0.15, -0.1) is 0 Å². The van der Waals surface area contributed by atoms with E-state index in [1.165, 1.54) is 5.56 Å². The van der Waals surface area contributed by atoms with Gasteiger partial charge in [0, 0.05) is 18.7 Å². The fourth-order valence-corrected chi connectivity index (χ4v) is 3.91. The highest BCUT2D eigenvalue weighted by Gasteiger charge is 2.45. The lowest BCUT2D eigenvalue weighted by molar-refractivity contribution is -0.140. The molecule has 6 nitrogen and oxygen atoms in total. The number of carbonyl (C=O) groups is 2. The van der Waals surface area contributed by atoms with Gasteiger partial charge in [0.15, 0.2) is 0 Å². The van der Waals surface area contributed by atoms with Crippen molar-refractivity contribution in [2.24, 2.45) is 0 Å². The molecule has 0 aliphatic carbocycles. The lowest BCUT2D eigenvalue weighted by Gasteiger charge is -2.27. The summed E-state index contributed by atoms with van der Waals surface area (Å²) in [4.78, 5) is 29.6. The standard InChI is InChI=1S/C27H34N2O4/c1-6-17-33-22-13-11-21(12-14-22)25(30)23-24(20-9-7-19(8-10-20)18(2)3)29(16-15-28(4)5)27(32)26(23)31/h7-14,18,24,30H,6,15-17H2,1-5H3/t24-/m0/s1. The predicted octanol–water partition coefficient (Wildman–Crippen LogP) is 4.58. The van der Waals surface area contributed by atoms with Gasteiger partial charge >= 0.3 is 0 Å². The zero-order chi connectivity index (χ0) is 24.1. The third kappa shape index (κ3) is 5.45. The molecule has 3 rings (SSSR count). The third-order valence-electron chi connectivity index (χ3n) is 5.85. The number of amides is 1. The quantitative estimate of drug-likeness (QED) is 0.344. The van der Waals surface area contributed by atoms with Crippen LogP contribution in [0.2, 0.25) is 0 Å². The number of benzene rings is 2. The van der Waals surface area contributed by atoms with E-state index in [0.717, 1.165) is 12.0 Å². The molecule has 2 aromatic carbocycles. The lowest BCUT2D eigenvalue weighted by atomic mass is 9.93. The number of nitrogens with zero attached hydrogens (tertiary/aromatic N) is 2. The number of rotatable bonds is 9. The Morgan fingerprint density at radius 2 is 1.70 bits per heavy atom. The SMILES string of the molecule is CCCOc1ccc(C(O)=C2C(=O)C(=O)N(CCN(C)C)[C@H]2c2ccc(C(C)C)cc2)cc1. The van der Waals surface area contributed by atoms with Crippen LogP contribution in [-0.4, -0.2) is 60.4 Å². The van der Waals surface area contributed by atoms with Crippen LogP contribution in [0, 0.1) is 0 Å². The Labute approximate surface area is 196 Å². The average Bonchev–Trinajstić information content (AvgIpc) is 3.06. The number of aliphatic hydroxyl groups is 1. The molecule has 0 spiro atoms. The first-order valence-electron chi connectivity index (χ1n) is 11.5. The molecule has 1 atom stereocenters. The number of aliphatic hydroxyl groups excluding tert-OH is 1. The maximum Gasteiger partial charge on any atom is 0.295 e. The average molecular weight is 451 g/mol. The molecular weight excluding hydrogens is 416 g/mol. The molecule has 0 bridgehead atoms. The van der Waals surface area contributed by atoms with Crippen LogP contribution in [0.15, 0.2) is 54.1 Å². The van der Waals surface area contributed by atoms with Crippen LogP contribution >= 0.6 is 0 Å². The van der Waals surface area contributed by atoms with Gasteiger partial charge in [0.05, 0.1) is 18.2 Å². The summed E-state index contributed by atoms with van der Waals surface area (Å²) in [6.07, 6.45) is 0.897. The maximum absolute atomic E-state index is 13.1. The van der Waals surface area contributed by atoms with E-state index in [0.29, 0.717) is 36.9 Å². The second kappa shape index (κ2) is 10.7. The van der Waals surface area contributed by atoms with Crippen LogP contribution in [-0.2, 0) is 9.59 Å². The summed E-state index contributed by atoms with van der Waals surface area (Å²) >= 11 is 0. The molecule has 1 aliphatic rings. The van der Waals surface area contributed by atoms with Gasteiger partial charge in [0.2, 0.25) is 0 Å². The van der Waals surface area contributed by atoms with Crippen molar-refractivity contribution in [3.05, 3.63) is 70.8 Å². The summed E-state index contributed by atoms with van der Waals surface area (Å²) < 4.78 is 5.61. The van der Waals surface area contributed by atoms with Crippen molar-refractivity contribution in [3.8, 4) is 5.75 Å². The molecule has 1 amide bonds. The molecule has 6 heteroatoms. The molecule has 0 saturated carbocycles. The minimum absolute atomic E-state index is 0.123. The van der Waals surface area contributed by atoms with Gasteiger partial charge < -0.3 is 19.6 Å². The third-order valence-corrected chi connectivity index (χ3v) is 5.85. The topological polar surface area (TPSA) is 70.1 Å². The van der Waals surface area contributed by atoms with Gasteiger partial charge in [-0.05, 0) is 61.8 Å². The fraction of sp³-hybridized carbons (Fsp3) is 0.407. The van der Waals surface area contributed by atoms with Crippen LogP contribution in [0.25, 0.3) is 5.76 Å². The molecule has 1 aliphatic heterocycles. The Hall–Kier alpha value is -3.12. The van der Waals surface area contributed by atoms with E-state index in [1.807, 2.05) is 50.2 Å². The highest BCUT2D eigenvalue weighted by molar-refractivity contribution is 6.46. The number of ether oxygens (including phenoxy) is 1. The number of ketones is 1. The lowest BCUT2D eigenvalue weighted by Crippen LogP contribution is -2.35. The number of likely N-dealkylation sites (tertiary alicyclic amines) is 1. The second-order valence-corrected chi connectivity index (χ2v) is 8.99. The number of hydrogen-bond donors (Lipinski definition) is 1. The van der Waals surface area contributed by atoms with Gasteiger partial charge in [-0.1, -0.05) is 45.0 Å². The normalized spacial score (nSPS) is 17.9. The van der Waals surface area contributed by atoms with Crippen molar-refractivity contribution in [2.45, 2.75) is 39.2 Å². The van der Waals surface area contributed by atoms with Crippen molar-refractivity contribution in [1.29, 1.82) is 0 Å². The van der Waals surface area contributed by atoms with E-state index in [9.17, 15) is 14.7 Å². The number of hydrogen-bond acceptors (Lipinski definition) is 5. The highest BCUT2D eigenvalue weighted by atomic mass is 16.5. The number of likely N-dealkylation sites (N-methyl/N-ethyl adjacent to an activating group) is 1. The molecule has 1 fully saturated rings. The first-order chi connectivity index (χ1) is 15.7. The zero-order valence-corrected chi connectivity index (χ0v) is 20.2. The van der Waals surface area contributed by atoms with E-state index in [-0.39, 0.29) is 11.3 Å². The molecule has 1 saturated heterocycles. The van der Waals surface area contributed by atoms with E-state index < -0.39 is 17.7 Å². The number of carbonyl (C=O) groups excluding carboxylic acids is 2. The highest BCUT2D eigenvalue weighted by Crippen LogP contribution is 2.39. The first-order valence-corrected chi connectivity index (χ1v) is 11.5. The Balaban J connectivity index is 2.05. The summed E-state index contributed by atoms with van der Waals surface area (Å²) in [6, 6.07) is 14.3. The Kier molecular flexibility index (Phi) is 7.92. The minimum atomic E-state index is -0.657. The second-order valence-electron chi connectivity index (χ2n) is 8.99. The molecule has 33 heavy (non-hydrogen) atoms. The summed E-state index contributed by atoms with van der Waals surface area (Å²) in [6.45, 7) is 7.86. The van der Waals surface area contributed by atoms with Gasteiger partial charge in [-0.2, -0.15) is 0 Å². The molecule has 0 radical (unpaired) electrons. The molecule has 1 heterocycles. The zero-order valence-electron chi connectivity index (χ0n) is 20.2. The van der Waals surface area contributed by atoms with Crippen molar-refractivity contribution in [2.75, 3.05) is 33.8 Å². The van der Waals surface area contributed by atoms with E-state index >= 15 is 0 Å². The maximum atomic E-state index is 13.1. The van der Waals surface area contributed by atoms with Gasteiger partial charge in [-0.25, -0.2) is 0 Å². The van der Waals surface area contributed by atoms with Crippen molar-refractivity contribution < 1.29 is 19.4 Å². The molecular formula is C27H34N2O4. The van der Waals surface area contributed by atoms with Gasteiger partial charge in [-0.3, -0.25) is 9.59 Å². The van der Waals surface area contributed by atoms with E-state index in [1.54, 1.807) is 29.2 Å². The van der Waals surface area contributed by atoms with E-state index in [2.05, 4.69) is 13.8 Å². The van der Waals surface area contributed by atoms with Gasteiger partial charge in [0.1, 0.15) is 11.5 Å². The molecule has 1 N–H and O–H groups in total. The predicted molar refractivity (Wildman–Crippen MR) is 130 cm³/mol. The monoisotopic (exact) mass is 450 g/mol. The van der Waals surface area contributed by atoms with Crippen LogP contribution < -0.4 is 4.74 Å². The summed E-state index contributed by atoms with van der Waals surface area (Å²) in [5.41, 5.74) is 2.58. The Morgan fingerprint density at radius 1 is 1.06 bits per heavy atom. The van der Waals surface area contributed by atoms with Crippen molar-refractivity contribution >= 4 is 17.4 Å². The van der Waals surface area contributed by atoms with Crippen LogP contribution in [0.1, 0.15) is 55.8 Å². The largest absolute Gasteiger partial charge is 0.507 e. The van der Waals surface area contributed by atoms with Crippen molar-refractivity contribution in [3.63, 3.8) is 0 Å². The fourth-order valence-electron chi connectivity index (χ4n) is 3.91. The molecule has 0 aromatic heterocycles.